The smallest absolute Gasteiger partial charge is 0.292 e. The van der Waals surface area contributed by atoms with E-state index in [0.29, 0.717) is 22.6 Å². The highest BCUT2D eigenvalue weighted by molar-refractivity contribution is 6.01. The summed E-state index contributed by atoms with van der Waals surface area (Å²) in [5.74, 6) is -0.0579. The second-order valence-electron chi connectivity index (χ2n) is 6.75. The van der Waals surface area contributed by atoms with Crippen molar-refractivity contribution in [2.45, 2.75) is 6.54 Å². The molecule has 4 aromatic heterocycles. The molecule has 1 N–H and O–H groups in total. The summed E-state index contributed by atoms with van der Waals surface area (Å²) in [5, 5.41) is 11.2. The molecule has 0 aliphatic heterocycles. The number of hydrogen-bond acceptors (Lipinski definition) is 7. The standard InChI is InChI=1S/C22H15FN6O3/c23-15-5-2-1-4-14(15)13-29-18(16-8-11-32-28-16)12-17(27-29)21-24-9-7-20(25-21)26-22(30)19-6-3-10-31-19/h1-12H,13H2,(H,24,25,26,30). The molecule has 9 nitrogen and oxygen atoms in total. The number of carbonyl (C=O) groups is 1. The molecule has 10 heteroatoms. The normalized spacial score (nSPS) is 10.9. The van der Waals surface area contributed by atoms with Gasteiger partial charge >= 0.3 is 0 Å². The first kappa shape index (κ1) is 19.4. The Morgan fingerprint density at radius 1 is 1.06 bits per heavy atom. The minimum atomic E-state index is -0.437. The highest BCUT2D eigenvalue weighted by Crippen LogP contribution is 2.25. The predicted molar refractivity (Wildman–Crippen MR) is 111 cm³/mol. The zero-order valence-electron chi connectivity index (χ0n) is 16.5. The van der Waals surface area contributed by atoms with E-state index in [9.17, 15) is 9.18 Å². The van der Waals surface area contributed by atoms with Crippen LogP contribution in [0, 0.1) is 5.82 Å². The first-order chi connectivity index (χ1) is 15.7. The maximum Gasteiger partial charge on any atom is 0.292 e. The summed E-state index contributed by atoms with van der Waals surface area (Å²) in [6, 6.07) is 14.6. The predicted octanol–water partition coefficient (Wildman–Crippen LogP) is 4.03. The highest BCUT2D eigenvalue weighted by Gasteiger charge is 2.18. The molecule has 1 aromatic carbocycles. The van der Waals surface area contributed by atoms with Gasteiger partial charge in [0.25, 0.3) is 5.91 Å². The Kier molecular flexibility index (Phi) is 5.00. The molecule has 0 radical (unpaired) electrons. The summed E-state index contributed by atoms with van der Waals surface area (Å²) >= 11 is 0. The van der Waals surface area contributed by atoms with Crippen molar-refractivity contribution in [1.29, 1.82) is 0 Å². The lowest BCUT2D eigenvalue weighted by atomic mass is 10.2. The molecule has 5 aromatic rings. The van der Waals surface area contributed by atoms with Gasteiger partial charge in [0.15, 0.2) is 11.6 Å². The van der Waals surface area contributed by atoms with Crippen LogP contribution in [-0.4, -0.2) is 30.8 Å². The molecule has 0 fully saturated rings. The van der Waals surface area contributed by atoms with Crippen molar-refractivity contribution in [3.8, 4) is 22.9 Å². The second kappa shape index (κ2) is 8.26. The molecule has 0 saturated heterocycles. The lowest BCUT2D eigenvalue weighted by Gasteiger charge is -2.06. The number of aromatic nitrogens is 5. The second-order valence-corrected chi connectivity index (χ2v) is 6.75. The Hall–Kier alpha value is -4.60. The third kappa shape index (κ3) is 3.88. The summed E-state index contributed by atoms with van der Waals surface area (Å²) in [6.45, 7) is 0.170. The largest absolute Gasteiger partial charge is 0.459 e. The zero-order valence-corrected chi connectivity index (χ0v) is 16.5. The van der Waals surface area contributed by atoms with Gasteiger partial charge in [-0.05, 0) is 30.3 Å². The van der Waals surface area contributed by atoms with E-state index in [1.807, 2.05) is 0 Å². The Balaban J connectivity index is 1.49. The van der Waals surface area contributed by atoms with Crippen molar-refractivity contribution < 1.29 is 18.1 Å². The first-order valence-electron chi connectivity index (χ1n) is 9.57. The number of furan rings is 1. The molecule has 0 bridgehead atoms. The van der Waals surface area contributed by atoms with Gasteiger partial charge in [-0.3, -0.25) is 9.48 Å². The van der Waals surface area contributed by atoms with Crippen LogP contribution in [-0.2, 0) is 6.54 Å². The average Bonchev–Trinajstić information content (AvgIpc) is 3.57. The van der Waals surface area contributed by atoms with Crippen molar-refractivity contribution in [2.75, 3.05) is 5.32 Å². The molecule has 0 spiro atoms. The number of carbonyl (C=O) groups excluding carboxylic acids is 1. The average molecular weight is 430 g/mol. The number of amides is 1. The van der Waals surface area contributed by atoms with Gasteiger partial charge < -0.3 is 14.3 Å². The van der Waals surface area contributed by atoms with Gasteiger partial charge in [-0.15, -0.1) is 0 Å². The summed E-state index contributed by atoms with van der Waals surface area (Å²) in [5.41, 5.74) is 2.02. The van der Waals surface area contributed by atoms with Crippen LogP contribution < -0.4 is 5.32 Å². The third-order valence-corrected chi connectivity index (χ3v) is 4.63. The summed E-state index contributed by atoms with van der Waals surface area (Å²) in [7, 11) is 0. The zero-order chi connectivity index (χ0) is 21.9. The Labute approximate surface area is 180 Å². The number of rotatable bonds is 6. The molecule has 32 heavy (non-hydrogen) atoms. The fraction of sp³-hybridized carbons (Fsp3) is 0.0455. The van der Waals surface area contributed by atoms with Gasteiger partial charge in [0.05, 0.1) is 18.5 Å². The van der Waals surface area contributed by atoms with Gasteiger partial charge in [0.2, 0.25) is 0 Å². The van der Waals surface area contributed by atoms with Crippen LogP contribution >= 0.6 is 0 Å². The molecule has 158 valence electrons. The Morgan fingerprint density at radius 3 is 2.75 bits per heavy atom. The molecule has 0 saturated carbocycles. The van der Waals surface area contributed by atoms with Crippen LogP contribution in [0.15, 0.2) is 82.3 Å². The first-order valence-corrected chi connectivity index (χ1v) is 9.57. The maximum absolute atomic E-state index is 14.2. The minimum absolute atomic E-state index is 0.160. The monoisotopic (exact) mass is 430 g/mol. The lowest BCUT2D eigenvalue weighted by molar-refractivity contribution is 0.0996. The van der Waals surface area contributed by atoms with E-state index in [4.69, 9.17) is 8.94 Å². The summed E-state index contributed by atoms with van der Waals surface area (Å²) in [6.07, 6.45) is 4.36. The number of anilines is 1. The van der Waals surface area contributed by atoms with Crippen molar-refractivity contribution in [3.63, 3.8) is 0 Å². The van der Waals surface area contributed by atoms with Crippen LogP contribution in [0.25, 0.3) is 22.9 Å². The van der Waals surface area contributed by atoms with Crippen molar-refractivity contribution in [2.24, 2.45) is 0 Å². The van der Waals surface area contributed by atoms with Gasteiger partial charge in [-0.25, -0.2) is 14.4 Å². The number of benzene rings is 1. The summed E-state index contributed by atoms with van der Waals surface area (Å²) in [4.78, 5) is 20.9. The third-order valence-electron chi connectivity index (χ3n) is 4.63. The summed E-state index contributed by atoms with van der Waals surface area (Å²) < 4.78 is 25.9. The number of hydrogen-bond donors (Lipinski definition) is 1. The molecular formula is C22H15FN6O3. The van der Waals surface area contributed by atoms with Crippen LogP contribution in [0.1, 0.15) is 16.1 Å². The number of nitrogens with zero attached hydrogens (tertiary/aromatic N) is 5. The topological polar surface area (TPSA) is 112 Å². The van der Waals surface area contributed by atoms with E-state index in [0.717, 1.165) is 0 Å². The molecule has 5 rings (SSSR count). The van der Waals surface area contributed by atoms with Crippen molar-refractivity contribution >= 4 is 11.7 Å². The van der Waals surface area contributed by atoms with Crippen LogP contribution in [0.3, 0.4) is 0 Å². The van der Waals surface area contributed by atoms with E-state index < -0.39 is 5.91 Å². The maximum atomic E-state index is 14.2. The molecule has 0 aliphatic carbocycles. The molecule has 0 aliphatic rings. The molecule has 4 heterocycles. The number of nitrogens with one attached hydrogen (secondary N) is 1. The van der Waals surface area contributed by atoms with Crippen molar-refractivity contribution in [3.05, 3.63) is 90.5 Å². The quantitative estimate of drug-likeness (QED) is 0.433. The molecule has 1 amide bonds. The van der Waals surface area contributed by atoms with Gasteiger partial charge in [0.1, 0.15) is 29.3 Å². The van der Waals surface area contributed by atoms with Crippen LogP contribution in [0.4, 0.5) is 10.2 Å². The Bertz CT molecular complexity index is 1360. The van der Waals surface area contributed by atoms with E-state index >= 15 is 0 Å². The highest BCUT2D eigenvalue weighted by atomic mass is 19.1. The SMILES string of the molecule is O=C(Nc1ccnc(-c2cc(-c3ccon3)n(Cc3ccccc3F)n2)n1)c1ccco1. The molecule has 0 unspecified atom stereocenters. The minimum Gasteiger partial charge on any atom is -0.459 e. The van der Waals surface area contributed by atoms with E-state index in [2.05, 4.69) is 25.5 Å². The molecular weight excluding hydrogens is 415 g/mol. The Morgan fingerprint density at radius 2 is 1.97 bits per heavy atom. The van der Waals surface area contributed by atoms with Gasteiger partial charge in [-0.1, -0.05) is 23.4 Å². The van der Waals surface area contributed by atoms with Crippen LogP contribution in [0.5, 0.6) is 0 Å². The van der Waals surface area contributed by atoms with E-state index in [1.54, 1.807) is 53.2 Å². The molecule has 0 atom stereocenters. The van der Waals surface area contributed by atoms with Gasteiger partial charge in [-0.2, -0.15) is 5.10 Å². The lowest BCUT2D eigenvalue weighted by Crippen LogP contribution is -2.12. The van der Waals surface area contributed by atoms with Gasteiger partial charge in [0, 0.05) is 17.8 Å². The van der Waals surface area contributed by atoms with E-state index in [-0.39, 0.29) is 29.8 Å². The van der Waals surface area contributed by atoms with Crippen LogP contribution in [0.2, 0.25) is 0 Å². The number of halogens is 1. The van der Waals surface area contributed by atoms with Crippen molar-refractivity contribution in [1.82, 2.24) is 24.9 Å². The fourth-order valence-electron chi connectivity index (χ4n) is 3.12. The van der Waals surface area contributed by atoms with E-state index in [1.165, 1.54) is 24.8 Å². The fourth-order valence-corrected chi connectivity index (χ4v) is 3.12.